The topological polar surface area (TPSA) is 59.1 Å². The molecule has 0 amide bonds. The summed E-state index contributed by atoms with van der Waals surface area (Å²) in [4.78, 5) is 4.24. The maximum Gasteiger partial charge on any atom is 0.236 e. The molecule has 0 atom stereocenters. The molecule has 1 heterocycles. The number of nitrogens with one attached hydrogen (secondary N) is 1. The van der Waals surface area contributed by atoms with Gasteiger partial charge in [-0.2, -0.15) is 0 Å². The quantitative estimate of drug-likeness (QED) is 0.772. The van der Waals surface area contributed by atoms with Crippen LogP contribution in [0, 0.1) is 6.92 Å². The van der Waals surface area contributed by atoms with Gasteiger partial charge in [0.05, 0.1) is 22.0 Å². The molecule has 0 radical (unpaired) electrons. The summed E-state index contributed by atoms with van der Waals surface area (Å²) in [6.45, 7) is 1.89. The lowest BCUT2D eigenvalue weighted by Crippen LogP contribution is -2.16. The van der Waals surface area contributed by atoms with Gasteiger partial charge in [0.15, 0.2) is 0 Å². The van der Waals surface area contributed by atoms with Gasteiger partial charge >= 0.3 is 0 Å². The van der Waals surface area contributed by atoms with Crippen molar-refractivity contribution in [2.75, 3.05) is 4.72 Å². The molecule has 118 valence electrons. The van der Waals surface area contributed by atoms with Gasteiger partial charge in [-0.25, -0.2) is 8.42 Å². The zero-order valence-electron chi connectivity index (χ0n) is 12.5. The van der Waals surface area contributed by atoms with Crippen molar-refractivity contribution in [2.24, 2.45) is 0 Å². The Balaban J connectivity index is 1.95. The van der Waals surface area contributed by atoms with Crippen molar-refractivity contribution in [3.8, 4) is 0 Å². The van der Waals surface area contributed by atoms with Crippen molar-refractivity contribution in [1.82, 2.24) is 4.98 Å². The van der Waals surface area contributed by atoms with Gasteiger partial charge in [0.1, 0.15) is 0 Å². The molecular formula is C17H15ClN2O2S. The van der Waals surface area contributed by atoms with Gasteiger partial charge in [0.2, 0.25) is 10.0 Å². The van der Waals surface area contributed by atoms with E-state index in [-0.39, 0.29) is 5.75 Å². The number of nitrogens with zero attached hydrogens (tertiary/aromatic N) is 1. The molecular weight excluding hydrogens is 332 g/mol. The van der Waals surface area contributed by atoms with Crippen LogP contribution in [0.1, 0.15) is 11.1 Å². The molecule has 0 spiro atoms. The standard InChI is InChI=1S/C17H15ClN2O2S/c1-12-5-2-3-6-13(12)11-23(21,22)20-16-9-8-15(18)14-7-4-10-19-17(14)16/h2-10,20H,11H2,1H3. The molecule has 4 nitrogen and oxygen atoms in total. The summed E-state index contributed by atoms with van der Waals surface area (Å²) in [6, 6.07) is 14.3. The Labute approximate surface area is 140 Å². The lowest BCUT2D eigenvalue weighted by atomic mass is 10.1. The highest BCUT2D eigenvalue weighted by atomic mass is 35.5. The van der Waals surface area contributed by atoms with E-state index >= 15 is 0 Å². The molecule has 0 saturated heterocycles. The molecule has 1 N–H and O–H groups in total. The minimum atomic E-state index is -3.55. The normalized spacial score (nSPS) is 11.6. The number of halogens is 1. The van der Waals surface area contributed by atoms with Crippen LogP contribution in [0.25, 0.3) is 10.9 Å². The third-order valence-electron chi connectivity index (χ3n) is 3.59. The maximum absolute atomic E-state index is 12.5. The van der Waals surface area contributed by atoms with Crippen molar-refractivity contribution in [1.29, 1.82) is 0 Å². The zero-order valence-corrected chi connectivity index (χ0v) is 14.0. The highest BCUT2D eigenvalue weighted by Crippen LogP contribution is 2.29. The first-order valence-electron chi connectivity index (χ1n) is 7.04. The average molecular weight is 347 g/mol. The molecule has 3 rings (SSSR count). The molecule has 0 unspecified atom stereocenters. The lowest BCUT2D eigenvalue weighted by molar-refractivity contribution is 0.600. The van der Waals surface area contributed by atoms with Crippen LogP contribution in [0.3, 0.4) is 0 Å². The Kier molecular flexibility index (Phi) is 4.24. The van der Waals surface area contributed by atoms with E-state index in [1.165, 1.54) is 0 Å². The van der Waals surface area contributed by atoms with Crippen LogP contribution >= 0.6 is 11.6 Å². The highest BCUT2D eigenvalue weighted by molar-refractivity contribution is 7.91. The summed E-state index contributed by atoms with van der Waals surface area (Å²) in [5.41, 5.74) is 2.68. The van der Waals surface area contributed by atoms with Crippen molar-refractivity contribution in [3.63, 3.8) is 0 Å². The van der Waals surface area contributed by atoms with Gasteiger partial charge in [-0.05, 0) is 42.3 Å². The van der Waals surface area contributed by atoms with Crippen LogP contribution < -0.4 is 4.72 Å². The minimum Gasteiger partial charge on any atom is -0.281 e. The largest absolute Gasteiger partial charge is 0.281 e. The Bertz CT molecular complexity index is 971. The fourth-order valence-electron chi connectivity index (χ4n) is 2.40. The molecule has 0 aliphatic heterocycles. The number of hydrogen-bond donors (Lipinski definition) is 1. The lowest BCUT2D eigenvalue weighted by Gasteiger charge is -2.12. The van der Waals surface area contributed by atoms with E-state index in [9.17, 15) is 8.42 Å². The third kappa shape index (κ3) is 3.46. The number of pyridine rings is 1. The van der Waals surface area contributed by atoms with Gasteiger partial charge < -0.3 is 0 Å². The summed E-state index contributed by atoms with van der Waals surface area (Å²) in [5, 5.41) is 1.25. The number of rotatable bonds is 4. The fourth-order valence-corrected chi connectivity index (χ4v) is 3.92. The van der Waals surface area contributed by atoms with Crippen LogP contribution in [0.5, 0.6) is 0 Å². The summed E-state index contributed by atoms with van der Waals surface area (Å²) in [5.74, 6) is -0.0867. The number of sulfonamides is 1. The van der Waals surface area contributed by atoms with E-state index < -0.39 is 10.0 Å². The van der Waals surface area contributed by atoms with Gasteiger partial charge in [0.25, 0.3) is 0 Å². The van der Waals surface area contributed by atoms with Gasteiger partial charge in [-0.1, -0.05) is 35.9 Å². The Morgan fingerprint density at radius 1 is 1.09 bits per heavy atom. The van der Waals surface area contributed by atoms with Crippen molar-refractivity contribution in [2.45, 2.75) is 12.7 Å². The first kappa shape index (κ1) is 15.8. The minimum absolute atomic E-state index is 0.0867. The molecule has 1 aromatic heterocycles. The molecule has 0 aliphatic rings. The van der Waals surface area contributed by atoms with Gasteiger partial charge in [-0.3, -0.25) is 9.71 Å². The van der Waals surface area contributed by atoms with E-state index in [0.29, 0.717) is 21.6 Å². The molecule has 0 aliphatic carbocycles. The van der Waals surface area contributed by atoms with Crippen LogP contribution in [0.4, 0.5) is 5.69 Å². The number of hydrogen-bond acceptors (Lipinski definition) is 3. The third-order valence-corrected chi connectivity index (χ3v) is 5.14. The van der Waals surface area contributed by atoms with Gasteiger partial charge in [0, 0.05) is 11.6 Å². The predicted octanol–water partition coefficient (Wildman–Crippen LogP) is 4.14. The van der Waals surface area contributed by atoms with Crippen molar-refractivity contribution in [3.05, 3.63) is 70.9 Å². The number of aromatic nitrogens is 1. The number of fused-ring (bicyclic) bond motifs is 1. The summed E-state index contributed by atoms with van der Waals surface area (Å²) in [7, 11) is -3.55. The Morgan fingerprint density at radius 3 is 2.65 bits per heavy atom. The van der Waals surface area contributed by atoms with Crippen molar-refractivity contribution >= 4 is 38.2 Å². The highest BCUT2D eigenvalue weighted by Gasteiger charge is 2.15. The predicted molar refractivity (Wildman–Crippen MR) is 94.2 cm³/mol. The first-order chi connectivity index (χ1) is 11.0. The van der Waals surface area contributed by atoms with Crippen LogP contribution in [-0.4, -0.2) is 13.4 Å². The van der Waals surface area contributed by atoms with Gasteiger partial charge in [-0.15, -0.1) is 0 Å². The Hall–Kier alpha value is -2.11. The van der Waals surface area contributed by atoms with Crippen molar-refractivity contribution < 1.29 is 8.42 Å². The molecule has 3 aromatic rings. The monoisotopic (exact) mass is 346 g/mol. The molecule has 0 bridgehead atoms. The second-order valence-electron chi connectivity index (χ2n) is 5.28. The molecule has 0 saturated carbocycles. The Morgan fingerprint density at radius 2 is 1.87 bits per heavy atom. The van der Waals surface area contributed by atoms with E-state index in [4.69, 9.17) is 11.6 Å². The second-order valence-corrected chi connectivity index (χ2v) is 7.41. The van der Waals surface area contributed by atoms with Crippen LogP contribution in [-0.2, 0) is 15.8 Å². The fraction of sp³-hybridized carbons (Fsp3) is 0.118. The molecule has 0 fully saturated rings. The van der Waals surface area contributed by atoms with Crippen LogP contribution in [0.15, 0.2) is 54.7 Å². The van der Waals surface area contributed by atoms with E-state index in [2.05, 4.69) is 9.71 Å². The van der Waals surface area contributed by atoms with Crippen LogP contribution in [0.2, 0.25) is 5.02 Å². The SMILES string of the molecule is Cc1ccccc1CS(=O)(=O)Nc1ccc(Cl)c2cccnc12. The average Bonchev–Trinajstić information content (AvgIpc) is 2.52. The number of aryl methyl sites for hydroxylation is 1. The molecule has 23 heavy (non-hydrogen) atoms. The second kappa shape index (κ2) is 6.18. The smallest absolute Gasteiger partial charge is 0.236 e. The summed E-state index contributed by atoms with van der Waals surface area (Å²) < 4.78 is 27.6. The van der Waals surface area contributed by atoms with E-state index in [0.717, 1.165) is 11.1 Å². The number of anilines is 1. The van der Waals surface area contributed by atoms with E-state index in [1.807, 2.05) is 37.3 Å². The van der Waals surface area contributed by atoms with E-state index in [1.54, 1.807) is 24.4 Å². The number of benzene rings is 2. The summed E-state index contributed by atoms with van der Waals surface area (Å²) in [6.07, 6.45) is 1.61. The summed E-state index contributed by atoms with van der Waals surface area (Å²) >= 11 is 6.13. The maximum atomic E-state index is 12.5. The first-order valence-corrected chi connectivity index (χ1v) is 9.07. The molecule has 6 heteroatoms. The zero-order chi connectivity index (χ0) is 16.4. The molecule has 2 aromatic carbocycles.